The van der Waals surface area contributed by atoms with Gasteiger partial charge in [-0.05, 0) is 12.0 Å². The number of hydrogen-bond donors (Lipinski definition) is 0. The molecular weight excluding hydrogens is 226 g/mol. The molecule has 1 saturated heterocycles. The highest BCUT2D eigenvalue weighted by Gasteiger charge is 2.23. The third-order valence-electron chi connectivity index (χ3n) is 3.26. The predicted molar refractivity (Wildman–Crippen MR) is 71.4 cm³/mol. The number of nitrogens with zero attached hydrogens (tertiary/aromatic N) is 1. The highest BCUT2D eigenvalue weighted by atomic mass is 16.5. The molecule has 0 bridgehead atoms. The summed E-state index contributed by atoms with van der Waals surface area (Å²) in [7, 11) is 0. The number of hydrogen-bond acceptors (Lipinski definition) is 2. The largest absolute Gasteiger partial charge is 0.374 e. The summed E-state index contributed by atoms with van der Waals surface area (Å²) >= 11 is 0. The van der Waals surface area contributed by atoms with Crippen LogP contribution in [0.1, 0.15) is 25.3 Å². The first-order chi connectivity index (χ1) is 8.79. The molecule has 1 aromatic carbocycles. The standard InChI is InChI=1S/C15H21NO2/c1-2-6-15(17)16-9-10-18-14(12-16)11-13-7-4-3-5-8-13/h3-5,7-8,14H,2,6,9-12H2,1H3. The van der Waals surface area contributed by atoms with Crippen molar-refractivity contribution in [2.24, 2.45) is 0 Å². The van der Waals surface area contributed by atoms with Gasteiger partial charge < -0.3 is 9.64 Å². The van der Waals surface area contributed by atoms with Crippen LogP contribution in [0.25, 0.3) is 0 Å². The molecule has 1 aromatic rings. The van der Waals surface area contributed by atoms with E-state index >= 15 is 0 Å². The second kappa shape index (κ2) is 6.55. The average Bonchev–Trinajstić information content (AvgIpc) is 2.40. The lowest BCUT2D eigenvalue weighted by Crippen LogP contribution is -2.46. The van der Waals surface area contributed by atoms with Gasteiger partial charge in [0.05, 0.1) is 12.7 Å². The van der Waals surface area contributed by atoms with Gasteiger partial charge in [0, 0.05) is 25.9 Å². The Balaban J connectivity index is 1.89. The van der Waals surface area contributed by atoms with E-state index in [1.807, 2.05) is 30.0 Å². The van der Waals surface area contributed by atoms with E-state index in [1.165, 1.54) is 5.56 Å². The molecule has 0 radical (unpaired) electrons. The molecule has 98 valence electrons. The number of morpholine rings is 1. The Bertz CT molecular complexity index is 377. The summed E-state index contributed by atoms with van der Waals surface area (Å²) in [5.41, 5.74) is 1.27. The first-order valence-corrected chi connectivity index (χ1v) is 6.73. The molecule has 3 heteroatoms. The van der Waals surface area contributed by atoms with E-state index in [2.05, 4.69) is 12.1 Å². The van der Waals surface area contributed by atoms with E-state index in [-0.39, 0.29) is 12.0 Å². The molecule has 0 aromatic heterocycles. The van der Waals surface area contributed by atoms with Crippen molar-refractivity contribution in [2.45, 2.75) is 32.3 Å². The summed E-state index contributed by atoms with van der Waals surface area (Å²) in [5, 5.41) is 0. The lowest BCUT2D eigenvalue weighted by atomic mass is 10.1. The van der Waals surface area contributed by atoms with Gasteiger partial charge >= 0.3 is 0 Å². The fourth-order valence-electron chi connectivity index (χ4n) is 2.32. The number of amides is 1. The van der Waals surface area contributed by atoms with E-state index in [0.717, 1.165) is 25.9 Å². The maximum absolute atomic E-state index is 11.9. The molecule has 3 nitrogen and oxygen atoms in total. The second-order valence-electron chi connectivity index (χ2n) is 4.77. The summed E-state index contributed by atoms with van der Waals surface area (Å²) < 4.78 is 5.75. The summed E-state index contributed by atoms with van der Waals surface area (Å²) in [4.78, 5) is 13.8. The summed E-state index contributed by atoms with van der Waals surface area (Å²) in [6, 6.07) is 10.3. The van der Waals surface area contributed by atoms with Crippen molar-refractivity contribution in [1.82, 2.24) is 4.90 Å². The zero-order valence-corrected chi connectivity index (χ0v) is 11.0. The maximum atomic E-state index is 11.9. The highest BCUT2D eigenvalue weighted by Crippen LogP contribution is 2.12. The van der Waals surface area contributed by atoms with Gasteiger partial charge in [0.1, 0.15) is 0 Å². The molecule has 1 fully saturated rings. The van der Waals surface area contributed by atoms with Crippen LogP contribution >= 0.6 is 0 Å². The third-order valence-corrected chi connectivity index (χ3v) is 3.26. The molecule has 1 atom stereocenters. The van der Waals surface area contributed by atoms with Crippen LogP contribution in [0.4, 0.5) is 0 Å². The molecule has 0 aliphatic carbocycles. The molecular formula is C15H21NO2. The minimum Gasteiger partial charge on any atom is -0.374 e. The summed E-state index contributed by atoms with van der Waals surface area (Å²) in [6.07, 6.45) is 2.59. The molecule has 1 amide bonds. The number of carbonyl (C=O) groups excluding carboxylic acids is 1. The van der Waals surface area contributed by atoms with Crippen LogP contribution in [0.3, 0.4) is 0 Å². The molecule has 0 saturated carbocycles. The van der Waals surface area contributed by atoms with E-state index in [4.69, 9.17) is 4.74 Å². The van der Waals surface area contributed by atoms with Gasteiger partial charge in [0.15, 0.2) is 0 Å². The van der Waals surface area contributed by atoms with Gasteiger partial charge in [-0.25, -0.2) is 0 Å². The van der Waals surface area contributed by atoms with Crippen molar-refractivity contribution in [3.05, 3.63) is 35.9 Å². The van der Waals surface area contributed by atoms with Gasteiger partial charge in [-0.1, -0.05) is 37.3 Å². The Morgan fingerprint density at radius 2 is 2.17 bits per heavy atom. The monoisotopic (exact) mass is 247 g/mol. The Labute approximate surface area is 109 Å². The molecule has 1 unspecified atom stereocenters. The first-order valence-electron chi connectivity index (χ1n) is 6.73. The molecule has 0 N–H and O–H groups in total. The summed E-state index contributed by atoms with van der Waals surface area (Å²) in [5.74, 6) is 0.263. The number of rotatable bonds is 4. The fourth-order valence-corrected chi connectivity index (χ4v) is 2.32. The minimum absolute atomic E-state index is 0.141. The summed E-state index contributed by atoms with van der Waals surface area (Å²) in [6.45, 7) is 4.17. The normalized spacial score (nSPS) is 19.8. The van der Waals surface area contributed by atoms with Crippen LogP contribution in [0.5, 0.6) is 0 Å². The van der Waals surface area contributed by atoms with Crippen molar-refractivity contribution in [1.29, 1.82) is 0 Å². The van der Waals surface area contributed by atoms with E-state index < -0.39 is 0 Å². The fraction of sp³-hybridized carbons (Fsp3) is 0.533. The highest BCUT2D eigenvalue weighted by molar-refractivity contribution is 5.76. The molecule has 2 rings (SSSR count). The topological polar surface area (TPSA) is 29.5 Å². The Kier molecular flexibility index (Phi) is 4.76. The molecule has 18 heavy (non-hydrogen) atoms. The number of ether oxygens (including phenoxy) is 1. The number of benzene rings is 1. The Hall–Kier alpha value is -1.35. The van der Waals surface area contributed by atoms with Crippen molar-refractivity contribution < 1.29 is 9.53 Å². The quantitative estimate of drug-likeness (QED) is 0.816. The molecule has 0 spiro atoms. The van der Waals surface area contributed by atoms with Crippen molar-refractivity contribution in [3.8, 4) is 0 Å². The zero-order chi connectivity index (χ0) is 12.8. The molecule has 1 aliphatic heterocycles. The minimum atomic E-state index is 0.141. The zero-order valence-electron chi connectivity index (χ0n) is 11.0. The van der Waals surface area contributed by atoms with E-state index in [9.17, 15) is 4.79 Å². The number of carbonyl (C=O) groups is 1. The van der Waals surface area contributed by atoms with Crippen molar-refractivity contribution >= 4 is 5.91 Å². The van der Waals surface area contributed by atoms with Gasteiger partial charge in [0.25, 0.3) is 0 Å². The van der Waals surface area contributed by atoms with Crippen molar-refractivity contribution in [2.75, 3.05) is 19.7 Å². The Morgan fingerprint density at radius 3 is 2.89 bits per heavy atom. The van der Waals surface area contributed by atoms with Gasteiger partial charge in [0.2, 0.25) is 5.91 Å². The average molecular weight is 247 g/mol. The third kappa shape index (κ3) is 3.57. The van der Waals surface area contributed by atoms with Crippen LogP contribution in [-0.4, -0.2) is 36.6 Å². The van der Waals surface area contributed by atoms with E-state index in [0.29, 0.717) is 13.0 Å². The van der Waals surface area contributed by atoms with Crippen LogP contribution in [0.15, 0.2) is 30.3 Å². The van der Waals surface area contributed by atoms with Crippen LogP contribution in [0.2, 0.25) is 0 Å². The van der Waals surface area contributed by atoms with E-state index in [1.54, 1.807) is 0 Å². The van der Waals surface area contributed by atoms with Crippen LogP contribution in [0, 0.1) is 0 Å². The lowest BCUT2D eigenvalue weighted by molar-refractivity contribution is -0.138. The lowest BCUT2D eigenvalue weighted by Gasteiger charge is -2.33. The predicted octanol–water partition coefficient (Wildman–Crippen LogP) is 2.26. The Morgan fingerprint density at radius 1 is 1.39 bits per heavy atom. The van der Waals surface area contributed by atoms with Crippen molar-refractivity contribution in [3.63, 3.8) is 0 Å². The molecule has 1 heterocycles. The van der Waals surface area contributed by atoms with Gasteiger partial charge in [-0.2, -0.15) is 0 Å². The van der Waals surface area contributed by atoms with Gasteiger partial charge in [-0.3, -0.25) is 4.79 Å². The first kappa shape index (κ1) is 13.1. The SMILES string of the molecule is CCCC(=O)N1CCOC(Cc2ccccc2)C1. The second-order valence-corrected chi connectivity index (χ2v) is 4.77. The molecule has 1 aliphatic rings. The van der Waals surface area contributed by atoms with Gasteiger partial charge in [-0.15, -0.1) is 0 Å². The maximum Gasteiger partial charge on any atom is 0.222 e. The van der Waals surface area contributed by atoms with Crippen LogP contribution in [-0.2, 0) is 16.0 Å². The van der Waals surface area contributed by atoms with Crippen LogP contribution < -0.4 is 0 Å². The smallest absolute Gasteiger partial charge is 0.222 e.